The van der Waals surface area contributed by atoms with Gasteiger partial charge >= 0.3 is 0 Å². The highest BCUT2D eigenvalue weighted by Crippen LogP contribution is 2.36. The maximum Gasteiger partial charge on any atom is 0.191 e. The van der Waals surface area contributed by atoms with Crippen LogP contribution in [0.4, 0.5) is 0 Å². The third-order valence-corrected chi connectivity index (χ3v) is 20.2. The van der Waals surface area contributed by atoms with E-state index in [4.69, 9.17) is 17.9 Å². The maximum absolute atomic E-state index is 5.53. The Morgan fingerprint density at radius 3 is 0.865 bits per heavy atom. The molecule has 8 aromatic heterocycles. The molecule has 0 aromatic carbocycles. The van der Waals surface area contributed by atoms with E-state index in [2.05, 4.69) is 288 Å². The van der Waals surface area contributed by atoms with Gasteiger partial charge in [-0.05, 0) is 153 Å². The van der Waals surface area contributed by atoms with Crippen LogP contribution < -0.4 is 0 Å². The molecule has 0 radical (unpaired) electrons. The molecule has 0 aliphatic carbocycles. The van der Waals surface area contributed by atoms with Gasteiger partial charge in [-0.2, -0.15) is 8.75 Å². The van der Waals surface area contributed by atoms with E-state index >= 15 is 0 Å². The SMILES string of the molecule is Cc1nc(C(C)C)c(C(C)C)o1.Cc1nc(C(C)C)c(C(C)C)o1.Cc1nc(C(C)C)c(C(C)C)s1.Cc1nc(C(C)C)c(C(C)C)s1.Cc1noc(C(C)C)c1C(C)C.Cc1nsc(C(C)C)c1C(C)C.Cc1onc(C(C)C)c1C(C)C.Cc1snc(C(C)C)c1C(C)C. The Bertz CT molecular complexity index is 2860. The summed E-state index contributed by atoms with van der Waals surface area (Å²) in [6.45, 7) is 86.2. The maximum atomic E-state index is 5.53. The van der Waals surface area contributed by atoms with E-state index in [1.807, 2.05) is 50.4 Å². The lowest BCUT2D eigenvalue weighted by atomic mass is 9.96. The van der Waals surface area contributed by atoms with Crippen LogP contribution in [0.5, 0.6) is 0 Å². The van der Waals surface area contributed by atoms with Crippen LogP contribution in [0.25, 0.3) is 0 Å². The van der Waals surface area contributed by atoms with Crippen molar-refractivity contribution in [1.29, 1.82) is 0 Å². The Hall–Kier alpha value is -4.64. The number of hydrogen-bond donors (Lipinski definition) is 0. The molecule has 0 N–H and O–H groups in total. The van der Waals surface area contributed by atoms with Crippen molar-refractivity contribution in [2.45, 2.75) is 372 Å². The van der Waals surface area contributed by atoms with Crippen LogP contribution in [0.2, 0.25) is 0 Å². The van der Waals surface area contributed by atoms with Gasteiger partial charge < -0.3 is 17.9 Å². The number of aryl methyl sites for hydroxylation is 8. The predicted octanol–water partition coefficient (Wildman–Crippen LogP) is 27.7. The Morgan fingerprint density at radius 1 is 0.260 bits per heavy atom. The normalized spacial score (nSPS) is 11.6. The van der Waals surface area contributed by atoms with Crippen LogP contribution in [0, 0.1) is 55.4 Å². The second-order valence-electron chi connectivity index (χ2n) is 30.6. The summed E-state index contributed by atoms with van der Waals surface area (Å²) in [6, 6.07) is 0. The first-order valence-electron chi connectivity index (χ1n) is 36.0. The highest BCUT2D eigenvalue weighted by Gasteiger charge is 2.23. The van der Waals surface area contributed by atoms with Crippen molar-refractivity contribution in [2.75, 3.05) is 0 Å². The minimum absolute atomic E-state index is 0.434. The van der Waals surface area contributed by atoms with Crippen LogP contribution in [-0.2, 0) is 0 Å². The molecule has 0 saturated heterocycles. The van der Waals surface area contributed by atoms with E-state index in [1.54, 1.807) is 23.1 Å². The van der Waals surface area contributed by atoms with Gasteiger partial charge in [0.05, 0.1) is 55.6 Å². The molecule has 16 heteroatoms. The van der Waals surface area contributed by atoms with Crippen molar-refractivity contribution in [1.82, 2.24) is 39.0 Å². The van der Waals surface area contributed by atoms with Gasteiger partial charge in [-0.1, -0.05) is 232 Å². The number of thiazole rings is 2. The molecule has 96 heavy (non-hydrogen) atoms. The second kappa shape index (κ2) is 41.8. The van der Waals surface area contributed by atoms with Crippen LogP contribution in [0.15, 0.2) is 17.9 Å². The predicted molar refractivity (Wildman–Crippen MR) is 418 cm³/mol. The summed E-state index contributed by atoms with van der Waals surface area (Å²) in [5, 5.41) is 10.4. The lowest BCUT2D eigenvalue weighted by Gasteiger charge is -2.09. The van der Waals surface area contributed by atoms with Crippen LogP contribution in [-0.4, -0.2) is 39.0 Å². The molecule has 0 spiro atoms. The number of oxazole rings is 2. The third kappa shape index (κ3) is 27.5. The zero-order chi connectivity index (χ0) is 74.4. The molecule has 544 valence electrons. The summed E-state index contributed by atoms with van der Waals surface area (Å²) >= 11 is 6.98. The van der Waals surface area contributed by atoms with E-state index < -0.39 is 0 Å². The molecule has 12 nitrogen and oxygen atoms in total. The minimum atomic E-state index is 0.434. The highest BCUT2D eigenvalue weighted by atomic mass is 32.1. The number of aromatic nitrogens is 8. The first kappa shape index (κ1) is 89.4. The van der Waals surface area contributed by atoms with Crippen LogP contribution in [0.3, 0.4) is 0 Å². The molecule has 0 aliphatic heterocycles. The van der Waals surface area contributed by atoms with Gasteiger partial charge in [0.15, 0.2) is 11.8 Å². The highest BCUT2D eigenvalue weighted by molar-refractivity contribution is 7.12. The Balaban J connectivity index is 0.000000549. The molecular weight excluding hydrogens is 1270 g/mol. The van der Waals surface area contributed by atoms with E-state index in [1.165, 1.54) is 74.6 Å². The van der Waals surface area contributed by atoms with Crippen molar-refractivity contribution in [3.63, 3.8) is 0 Å². The fourth-order valence-electron chi connectivity index (χ4n) is 11.2. The molecule has 0 unspecified atom stereocenters. The van der Waals surface area contributed by atoms with Gasteiger partial charge in [-0.3, -0.25) is 0 Å². The van der Waals surface area contributed by atoms with Crippen molar-refractivity contribution < 1.29 is 17.9 Å². The van der Waals surface area contributed by atoms with Crippen LogP contribution in [0.1, 0.15) is 448 Å². The summed E-state index contributed by atoms with van der Waals surface area (Å²) in [5.41, 5.74) is 15.0. The Morgan fingerprint density at radius 2 is 0.615 bits per heavy atom. The molecule has 0 amide bonds. The smallest absolute Gasteiger partial charge is 0.191 e. The van der Waals surface area contributed by atoms with Gasteiger partial charge in [-0.25, -0.2) is 19.9 Å². The molecule has 8 rings (SSSR count). The van der Waals surface area contributed by atoms with Gasteiger partial charge in [0.25, 0.3) is 0 Å². The first-order chi connectivity index (χ1) is 44.2. The molecular formula is C80H136N8O4S4. The zero-order valence-electron chi connectivity index (χ0n) is 68.1. The van der Waals surface area contributed by atoms with Crippen molar-refractivity contribution in [3.05, 3.63) is 132 Å². The van der Waals surface area contributed by atoms with Crippen molar-refractivity contribution in [3.8, 4) is 0 Å². The Kier molecular flexibility index (Phi) is 38.9. The first-order valence-corrected chi connectivity index (χ1v) is 39.1. The summed E-state index contributed by atoms with van der Waals surface area (Å²) in [6.07, 6.45) is 0. The molecule has 0 aliphatic rings. The minimum Gasteiger partial charge on any atom is -0.445 e. The molecule has 8 aromatic rings. The molecule has 8 heterocycles. The third-order valence-electron chi connectivity index (χ3n) is 15.6. The Labute approximate surface area is 602 Å². The van der Waals surface area contributed by atoms with Gasteiger partial charge in [0, 0.05) is 62.2 Å². The number of nitrogens with zero attached hydrogens (tertiary/aromatic N) is 8. The van der Waals surface area contributed by atoms with Crippen LogP contribution >= 0.6 is 45.7 Å². The van der Waals surface area contributed by atoms with E-state index in [-0.39, 0.29) is 0 Å². The fourth-order valence-corrected chi connectivity index (χ4v) is 15.4. The average molecular weight is 1400 g/mol. The van der Waals surface area contributed by atoms with Crippen molar-refractivity contribution in [2.24, 2.45) is 0 Å². The molecule has 0 saturated carbocycles. The van der Waals surface area contributed by atoms with E-state index in [0.717, 1.165) is 57.6 Å². The second-order valence-corrected chi connectivity index (χ2v) is 34.8. The van der Waals surface area contributed by atoms with E-state index in [9.17, 15) is 0 Å². The lowest BCUT2D eigenvalue weighted by Crippen LogP contribution is -1.97. The van der Waals surface area contributed by atoms with Crippen molar-refractivity contribution >= 4 is 45.7 Å². The topological polar surface area (TPSA) is 156 Å². The average Bonchev–Trinajstić information content (AvgIpc) is 1.75. The summed E-state index contributed by atoms with van der Waals surface area (Å²) < 4.78 is 30.4. The summed E-state index contributed by atoms with van der Waals surface area (Å²) in [5.74, 6) is 14.1. The van der Waals surface area contributed by atoms with Gasteiger partial charge in [0.1, 0.15) is 23.0 Å². The zero-order valence-corrected chi connectivity index (χ0v) is 71.3. The number of rotatable bonds is 16. The fraction of sp³-hybridized carbons (Fsp3) is 0.700. The number of hydrogen-bond acceptors (Lipinski definition) is 16. The van der Waals surface area contributed by atoms with E-state index in [0.29, 0.717) is 94.7 Å². The largest absolute Gasteiger partial charge is 0.445 e. The summed E-state index contributed by atoms with van der Waals surface area (Å²) in [4.78, 5) is 23.6. The lowest BCUT2D eigenvalue weighted by molar-refractivity contribution is 0.365. The molecule has 0 atom stereocenters. The summed E-state index contributed by atoms with van der Waals surface area (Å²) in [7, 11) is 0. The van der Waals surface area contributed by atoms with Gasteiger partial charge in [-0.15, -0.1) is 22.7 Å². The quantitative estimate of drug-likeness (QED) is 0.0904. The molecule has 0 fully saturated rings. The molecule has 0 bridgehead atoms. The monoisotopic (exact) mass is 1400 g/mol. The van der Waals surface area contributed by atoms with Gasteiger partial charge in [0.2, 0.25) is 0 Å². The standard InChI is InChI=1S/4C10H17NO.4C10H17NS/c2*1-6(2)9-10(7(3)4)12-8(5)11-9;1-6(2)9-8(5)12-11-10(9)7(3)4;1-6(2)9-8(5)11-12-10(9)7(3)4;2*1-6(2)9-10(7(3)4)12-8(5)11-9;1-6(2)9-8(5)12-11-10(9)7(3)4;1-6(2)9-8(5)11-12-10(9)7(3)4/h8*6-7H,1-5H3.